The van der Waals surface area contributed by atoms with Crippen molar-refractivity contribution in [1.29, 1.82) is 0 Å². The molecule has 1 atom stereocenters. The molecule has 1 aliphatic rings. The predicted molar refractivity (Wildman–Crippen MR) is 77.0 cm³/mol. The number of sulfonamides is 1. The third kappa shape index (κ3) is 2.92. The number of benzene rings is 1. The maximum absolute atomic E-state index is 12.4. The molecule has 0 bridgehead atoms. The molecule has 0 unspecified atom stereocenters. The van der Waals surface area contributed by atoms with Gasteiger partial charge in [0, 0.05) is 30.6 Å². The molecule has 0 spiro atoms. The van der Waals surface area contributed by atoms with Crippen LogP contribution in [-0.2, 0) is 10.0 Å². The van der Waals surface area contributed by atoms with Crippen LogP contribution in [0.25, 0.3) is 0 Å². The summed E-state index contributed by atoms with van der Waals surface area (Å²) in [6, 6.07) is 6.05. The lowest BCUT2D eigenvalue weighted by molar-refractivity contribution is 0.0939. The molecule has 1 aromatic carbocycles. The largest absolute Gasteiger partial charge is 0.326 e. The van der Waals surface area contributed by atoms with Crippen LogP contribution in [0.5, 0.6) is 0 Å². The van der Waals surface area contributed by atoms with Crippen molar-refractivity contribution in [3.05, 3.63) is 29.8 Å². The molecule has 0 saturated carbocycles. The Bertz CT molecular complexity index is 593. The van der Waals surface area contributed by atoms with Gasteiger partial charge in [-0.25, -0.2) is 8.42 Å². The van der Waals surface area contributed by atoms with Gasteiger partial charge in [-0.05, 0) is 18.6 Å². The summed E-state index contributed by atoms with van der Waals surface area (Å²) in [6.45, 7) is 4.45. The van der Waals surface area contributed by atoms with Crippen LogP contribution in [0, 0.1) is 5.92 Å². The molecule has 1 saturated heterocycles. The number of carbonyl (C=O) groups excluding carboxylic acids is 1. The van der Waals surface area contributed by atoms with Gasteiger partial charge >= 0.3 is 0 Å². The first-order chi connectivity index (χ1) is 9.32. The van der Waals surface area contributed by atoms with Gasteiger partial charge in [0.15, 0.2) is 5.78 Å². The summed E-state index contributed by atoms with van der Waals surface area (Å²) in [7, 11) is -3.49. The lowest BCUT2D eigenvalue weighted by Gasteiger charge is -2.16. The van der Waals surface area contributed by atoms with Crippen molar-refractivity contribution in [1.82, 2.24) is 4.31 Å². The van der Waals surface area contributed by atoms with Crippen LogP contribution in [0.1, 0.15) is 30.6 Å². The van der Waals surface area contributed by atoms with Gasteiger partial charge in [-0.2, -0.15) is 4.31 Å². The second-order valence-electron chi connectivity index (χ2n) is 5.46. The van der Waals surface area contributed by atoms with E-state index in [1.807, 2.05) is 13.8 Å². The summed E-state index contributed by atoms with van der Waals surface area (Å²) >= 11 is 0. The summed E-state index contributed by atoms with van der Waals surface area (Å²) in [5, 5.41) is 0. The van der Waals surface area contributed by atoms with Crippen LogP contribution in [0.15, 0.2) is 29.2 Å². The number of hydrogen-bond acceptors (Lipinski definition) is 4. The lowest BCUT2D eigenvalue weighted by atomic mass is 10.0. The first kappa shape index (κ1) is 15.2. The van der Waals surface area contributed by atoms with Gasteiger partial charge in [0.05, 0.1) is 4.90 Å². The molecule has 1 aromatic rings. The maximum Gasteiger partial charge on any atom is 0.243 e. The fourth-order valence-corrected chi connectivity index (χ4v) is 3.76. The van der Waals surface area contributed by atoms with E-state index < -0.39 is 10.0 Å². The Morgan fingerprint density at radius 3 is 2.35 bits per heavy atom. The summed E-state index contributed by atoms with van der Waals surface area (Å²) in [4.78, 5) is 12.0. The smallest absolute Gasteiger partial charge is 0.243 e. The number of nitrogens with two attached hydrogens (primary N) is 1. The molecule has 5 nitrogen and oxygen atoms in total. The molecular formula is C14H20N2O3S. The third-order valence-corrected chi connectivity index (χ3v) is 5.37. The molecule has 110 valence electrons. The van der Waals surface area contributed by atoms with E-state index >= 15 is 0 Å². The van der Waals surface area contributed by atoms with Crippen molar-refractivity contribution in [3.8, 4) is 0 Å². The fraction of sp³-hybridized carbons (Fsp3) is 0.500. The summed E-state index contributed by atoms with van der Waals surface area (Å²) in [5.41, 5.74) is 6.29. The second kappa shape index (κ2) is 5.63. The molecule has 1 aliphatic heterocycles. The third-order valence-electron chi connectivity index (χ3n) is 3.49. The van der Waals surface area contributed by atoms with Crippen LogP contribution < -0.4 is 5.73 Å². The first-order valence-electron chi connectivity index (χ1n) is 6.72. The van der Waals surface area contributed by atoms with Crippen LogP contribution in [0.3, 0.4) is 0 Å². The molecule has 2 N–H and O–H groups in total. The van der Waals surface area contributed by atoms with E-state index in [1.54, 1.807) is 12.1 Å². The summed E-state index contributed by atoms with van der Waals surface area (Å²) < 4.78 is 26.2. The molecule has 0 aliphatic carbocycles. The van der Waals surface area contributed by atoms with Gasteiger partial charge in [0.25, 0.3) is 0 Å². The molecule has 2 rings (SSSR count). The molecule has 1 fully saturated rings. The molecule has 6 heteroatoms. The zero-order valence-electron chi connectivity index (χ0n) is 11.7. The Balaban J connectivity index is 2.23. The number of carbonyl (C=O) groups is 1. The molecule has 0 radical (unpaired) electrons. The van der Waals surface area contributed by atoms with Crippen molar-refractivity contribution in [3.63, 3.8) is 0 Å². The van der Waals surface area contributed by atoms with Gasteiger partial charge in [0.1, 0.15) is 0 Å². The Labute approximate surface area is 119 Å². The fourth-order valence-electron chi connectivity index (χ4n) is 2.25. The van der Waals surface area contributed by atoms with E-state index in [-0.39, 0.29) is 22.6 Å². The molecule has 0 amide bonds. The molecule has 20 heavy (non-hydrogen) atoms. The van der Waals surface area contributed by atoms with E-state index in [0.717, 1.165) is 0 Å². The highest BCUT2D eigenvalue weighted by Crippen LogP contribution is 2.21. The number of Topliss-reactive ketones (excluding diaryl/α,β-unsaturated/α-hetero) is 1. The van der Waals surface area contributed by atoms with Gasteiger partial charge in [-0.1, -0.05) is 26.0 Å². The highest BCUT2D eigenvalue weighted by molar-refractivity contribution is 7.89. The van der Waals surface area contributed by atoms with Crippen LogP contribution >= 0.6 is 0 Å². The number of nitrogens with zero attached hydrogens (tertiary/aromatic N) is 1. The van der Waals surface area contributed by atoms with Crippen LogP contribution in [0.4, 0.5) is 0 Å². The monoisotopic (exact) mass is 296 g/mol. The van der Waals surface area contributed by atoms with Crippen LogP contribution in [-0.4, -0.2) is 37.6 Å². The highest BCUT2D eigenvalue weighted by Gasteiger charge is 2.30. The van der Waals surface area contributed by atoms with Crippen molar-refractivity contribution in [2.24, 2.45) is 11.7 Å². The van der Waals surface area contributed by atoms with Gasteiger partial charge < -0.3 is 5.73 Å². The molecule has 0 aromatic heterocycles. The maximum atomic E-state index is 12.4. The predicted octanol–water partition coefficient (Wildman–Crippen LogP) is 1.25. The normalized spacial score (nSPS) is 20.5. The van der Waals surface area contributed by atoms with Crippen molar-refractivity contribution >= 4 is 15.8 Å². The van der Waals surface area contributed by atoms with E-state index in [1.165, 1.54) is 16.4 Å². The Morgan fingerprint density at radius 2 is 1.90 bits per heavy atom. The van der Waals surface area contributed by atoms with Crippen molar-refractivity contribution < 1.29 is 13.2 Å². The minimum atomic E-state index is -3.49. The summed E-state index contributed by atoms with van der Waals surface area (Å²) in [5.74, 6) is -0.0915. The van der Waals surface area contributed by atoms with Gasteiger partial charge in [-0.3, -0.25) is 4.79 Å². The highest BCUT2D eigenvalue weighted by atomic mass is 32.2. The molecule has 1 heterocycles. The standard InChI is InChI=1S/C14H20N2O3S/c1-10(2)14(17)11-3-5-13(6-4-11)20(18,19)16-8-7-12(15)9-16/h3-6,10,12H,7-9,15H2,1-2H3/t12-/m1/s1. The van der Waals surface area contributed by atoms with E-state index in [0.29, 0.717) is 25.1 Å². The zero-order valence-corrected chi connectivity index (χ0v) is 12.6. The lowest BCUT2D eigenvalue weighted by Crippen LogP contribution is -2.32. The van der Waals surface area contributed by atoms with Gasteiger partial charge in [0.2, 0.25) is 10.0 Å². The number of hydrogen-bond donors (Lipinski definition) is 1. The summed E-state index contributed by atoms with van der Waals surface area (Å²) in [6.07, 6.45) is 0.684. The zero-order chi connectivity index (χ0) is 14.9. The Morgan fingerprint density at radius 1 is 1.30 bits per heavy atom. The molecular weight excluding hydrogens is 276 g/mol. The van der Waals surface area contributed by atoms with Gasteiger partial charge in [-0.15, -0.1) is 0 Å². The van der Waals surface area contributed by atoms with Crippen molar-refractivity contribution in [2.45, 2.75) is 31.2 Å². The average molecular weight is 296 g/mol. The SMILES string of the molecule is CC(C)C(=O)c1ccc(S(=O)(=O)N2CC[C@@H](N)C2)cc1. The van der Waals surface area contributed by atoms with E-state index in [9.17, 15) is 13.2 Å². The topological polar surface area (TPSA) is 80.5 Å². The second-order valence-corrected chi connectivity index (χ2v) is 7.39. The first-order valence-corrected chi connectivity index (χ1v) is 8.16. The Hall–Kier alpha value is -1.24. The van der Waals surface area contributed by atoms with E-state index in [2.05, 4.69) is 0 Å². The quantitative estimate of drug-likeness (QED) is 0.848. The average Bonchev–Trinajstić information content (AvgIpc) is 2.85. The number of ketones is 1. The number of rotatable bonds is 4. The minimum absolute atomic E-state index is 0.0112. The Kier molecular flexibility index (Phi) is 4.27. The van der Waals surface area contributed by atoms with E-state index in [4.69, 9.17) is 5.73 Å². The van der Waals surface area contributed by atoms with Crippen molar-refractivity contribution in [2.75, 3.05) is 13.1 Å². The van der Waals surface area contributed by atoms with Crippen LogP contribution in [0.2, 0.25) is 0 Å². The minimum Gasteiger partial charge on any atom is -0.326 e.